The van der Waals surface area contributed by atoms with Crippen LogP contribution in [-0.2, 0) is 25.5 Å². The summed E-state index contributed by atoms with van der Waals surface area (Å²) in [6, 6.07) is 7.50. The number of benzene rings is 1. The Morgan fingerprint density at radius 2 is 1.98 bits per heavy atom. The van der Waals surface area contributed by atoms with Crippen LogP contribution < -0.4 is 21.6 Å². The molecule has 0 saturated carbocycles. The number of nitrogens with zero attached hydrogens (tertiary/aromatic N) is 2. The number of aromatic amines is 1. The Bertz CT molecular complexity index is 1490. The molecule has 0 unspecified atom stereocenters. The molecule has 42 heavy (non-hydrogen) atoms. The zero-order valence-electron chi connectivity index (χ0n) is 22.7. The van der Waals surface area contributed by atoms with E-state index in [2.05, 4.69) is 25.9 Å². The lowest BCUT2D eigenvalue weighted by Crippen LogP contribution is -2.45. The van der Waals surface area contributed by atoms with Gasteiger partial charge >= 0.3 is 11.6 Å². The number of amides is 3. The number of anilines is 1. The topological polar surface area (TPSA) is 188 Å². The summed E-state index contributed by atoms with van der Waals surface area (Å²) in [5, 5.41) is 27.6. The van der Waals surface area contributed by atoms with Crippen LogP contribution >= 0.6 is 0 Å². The average molecular weight is 591 g/mol. The van der Waals surface area contributed by atoms with Crippen molar-refractivity contribution in [2.45, 2.75) is 63.0 Å². The fraction of sp³-hybridized carbons (Fsp3) is 0.444. The van der Waals surface area contributed by atoms with Crippen LogP contribution in [0.5, 0.6) is 0 Å². The van der Waals surface area contributed by atoms with E-state index in [1.807, 2.05) is 24.3 Å². The van der Waals surface area contributed by atoms with E-state index in [0.717, 1.165) is 28.7 Å². The SMILES string of the molecule is CC(=O)NCCCC[C@@H](NC(=O)Cc1c[nH]c2ccccc12)C(=O)Nc1ccn([C@@H]2O[C@H](CO)[C@@H](O)C2(F)F)c(=O)n1. The number of alkyl halides is 2. The Kier molecular flexibility index (Phi) is 9.65. The molecule has 0 radical (unpaired) electrons. The molecular formula is C27H32F2N6O7. The standard InChI is InChI=1S/C27H32F2N6O7/c1-15(37)30-10-5-4-8-19(32-22(38)12-16-13-31-18-7-3-2-6-17(16)18)24(40)33-21-9-11-35(26(41)34-21)25-27(28,29)23(39)20(14-36)42-25/h2-3,6-7,9,11,13,19-20,23,25,31,36,39H,4-5,8,10,12,14H2,1H3,(H,30,37)(H,32,38)(H,33,34,40,41)/t19-,20-,23-,25-/m1/s1. The molecule has 1 aliphatic heterocycles. The predicted molar refractivity (Wildman–Crippen MR) is 146 cm³/mol. The minimum Gasteiger partial charge on any atom is -0.394 e. The van der Waals surface area contributed by atoms with Gasteiger partial charge in [-0.25, -0.2) is 4.79 Å². The molecule has 6 N–H and O–H groups in total. The van der Waals surface area contributed by atoms with Gasteiger partial charge in [0.2, 0.25) is 23.9 Å². The molecule has 3 amide bonds. The van der Waals surface area contributed by atoms with Gasteiger partial charge < -0.3 is 35.9 Å². The number of hydrogen-bond acceptors (Lipinski definition) is 8. The monoisotopic (exact) mass is 590 g/mol. The Labute approximate surface area is 238 Å². The third-order valence-corrected chi connectivity index (χ3v) is 6.86. The Hall–Kier alpha value is -4.21. The van der Waals surface area contributed by atoms with E-state index in [4.69, 9.17) is 4.74 Å². The summed E-state index contributed by atoms with van der Waals surface area (Å²) >= 11 is 0. The zero-order valence-corrected chi connectivity index (χ0v) is 22.7. The number of aromatic nitrogens is 3. The van der Waals surface area contributed by atoms with Crippen molar-refractivity contribution in [3.8, 4) is 0 Å². The first-order valence-electron chi connectivity index (χ1n) is 13.3. The predicted octanol–water partition coefficient (Wildman–Crippen LogP) is 0.583. The molecule has 4 rings (SSSR count). The van der Waals surface area contributed by atoms with Gasteiger partial charge in [0.1, 0.15) is 18.0 Å². The van der Waals surface area contributed by atoms with Crippen LogP contribution in [0.2, 0.25) is 0 Å². The number of para-hydroxylation sites is 1. The van der Waals surface area contributed by atoms with E-state index in [9.17, 15) is 38.2 Å². The third kappa shape index (κ3) is 6.98. The molecule has 2 aromatic heterocycles. The van der Waals surface area contributed by atoms with E-state index in [1.165, 1.54) is 6.92 Å². The number of carbonyl (C=O) groups is 3. The van der Waals surface area contributed by atoms with E-state index in [0.29, 0.717) is 24.0 Å². The van der Waals surface area contributed by atoms with Gasteiger partial charge in [0.25, 0.3) is 0 Å². The maximum Gasteiger partial charge on any atom is 0.351 e. The van der Waals surface area contributed by atoms with Crippen LogP contribution in [0.25, 0.3) is 10.9 Å². The normalized spacial score (nSPS) is 20.3. The molecule has 1 saturated heterocycles. The quantitative estimate of drug-likeness (QED) is 0.165. The highest BCUT2D eigenvalue weighted by molar-refractivity contribution is 5.97. The van der Waals surface area contributed by atoms with Crippen molar-refractivity contribution >= 4 is 34.4 Å². The van der Waals surface area contributed by atoms with Crippen LogP contribution in [0, 0.1) is 0 Å². The number of nitrogens with one attached hydrogen (secondary N) is 4. The molecule has 0 aliphatic carbocycles. The van der Waals surface area contributed by atoms with Crippen LogP contribution in [-0.4, -0.2) is 79.8 Å². The molecule has 4 atom stereocenters. The second kappa shape index (κ2) is 13.2. The number of aliphatic hydroxyl groups excluding tert-OH is 2. The highest BCUT2D eigenvalue weighted by atomic mass is 19.3. The van der Waals surface area contributed by atoms with E-state index < -0.39 is 54.5 Å². The van der Waals surface area contributed by atoms with Gasteiger partial charge in [-0.2, -0.15) is 13.8 Å². The lowest BCUT2D eigenvalue weighted by molar-refractivity contribution is -0.141. The number of unbranched alkanes of at least 4 members (excludes halogenated alkanes) is 1. The van der Waals surface area contributed by atoms with Crippen molar-refractivity contribution in [2.75, 3.05) is 18.5 Å². The van der Waals surface area contributed by atoms with E-state index in [1.54, 1.807) is 6.20 Å². The largest absolute Gasteiger partial charge is 0.394 e. The van der Waals surface area contributed by atoms with Gasteiger partial charge in [-0.3, -0.25) is 19.0 Å². The maximum atomic E-state index is 14.5. The summed E-state index contributed by atoms with van der Waals surface area (Å²) in [5.41, 5.74) is 0.395. The average Bonchev–Trinajstić information content (AvgIpc) is 3.45. The van der Waals surface area contributed by atoms with E-state index in [-0.39, 0.29) is 24.6 Å². The lowest BCUT2D eigenvalue weighted by atomic mass is 10.1. The fourth-order valence-corrected chi connectivity index (χ4v) is 4.70. The third-order valence-electron chi connectivity index (χ3n) is 6.86. The molecule has 1 aliphatic rings. The zero-order chi connectivity index (χ0) is 30.4. The Balaban J connectivity index is 1.45. The molecule has 13 nitrogen and oxygen atoms in total. The van der Waals surface area contributed by atoms with Crippen molar-refractivity contribution in [2.24, 2.45) is 0 Å². The number of fused-ring (bicyclic) bond motifs is 1. The van der Waals surface area contributed by atoms with Crippen LogP contribution in [0.3, 0.4) is 0 Å². The van der Waals surface area contributed by atoms with Crippen LogP contribution in [0.1, 0.15) is 38.0 Å². The highest BCUT2D eigenvalue weighted by Gasteiger charge is 2.59. The van der Waals surface area contributed by atoms with Gasteiger partial charge in [-0.05, 0) is 37.0 Å². The Morgan fingerprint density at radius 1 is 1.21 bits per heavy atom. The van der Waals surface area contributed by atoms with E-state index >= 15 is 0 Å². The minimum atomic E-state index is -3.89. The molecule has 226 valence electrons. The summed E-state index contributed by atoms with van der Waals surface area (Å²) in [6.45, 7) is 0.878. The smallest absolute Gasteiger partial charge is 0.351 e. The highest BCUT2D eigenvalue weighted by Crippen LogP contribution is 2.42. The summed E-state index contributed by atoms with van der Waals surface area (Å²) < 4.78 is 34.4. The lowest BCUT2D eigenvalue weighted by Gasteiger charge is -2.21. The van der Waals surface area contributed by atoms with Crippen molar-refractivity contribution in [1.29, 1.82) is 0 Å². The number of H-pyrrole nitrogens is 1. The molecule has 0 bridgehead atoms. The second-order valence-corrected chi connectivity index (χ2v) is 9.96. The van der Waals surface area contributed by atoms with Crippen LogP contribution in [0.15, 0.2) is 47.5 Å². The first-order valence-corrected chi connectivity index (χ1v) is 13.3. The van der Waals surface area contributed by atoms with Crippen molar-refractivity contribution in [3.63, 3.8) is 0 Å². The summed E-state index contributed by atoms with van der Waals surface area (Å²) in [4.78, 5) is 56.5. The molecule has 0 spiro atoms. The van der Waals surface area contributed by atoms with Crippen LogP contribution in [0.4, 0.5) is 14.6 Å². The number of aliphatic hydroxyl groups is 2. The Morgan fingerprint density at radius 3 is 2.67 bits per heavy atom. The number of hydrogen-bond donors (Lipinski definition) is 6. The maximum absolute atomic E-state index is 14.5. The molecular weight excluding hydrogens is 558 g/mol. The molecule has 1 aromatic carbocycles. The summed E-state index contributed by atoms with van der Waals surface area (Å²) in [6.07, 6.45) is -2.33. The first kappa shape index (κ1) is 30.7. The van der Waals surface area contributed by atoms with Gasteiger partial charge in [0.15, 0.2) is 6.10 Å². The summed E-state index contributed by atoms with van der Waals surface area (Å²) in [7, 11) is 0. The number of halogens is 2. The molecule has 3 aromatic rings. The molecule has 1 fully saturated rings. The van der Waals surface area contributed by atoms with Crippen molar-refractivity contribution in [1.82, 2.24) is 25.2 Å². The van der Waals surface area contributed by atoms with Crippen molar-refractivity contribution < 1.29 is 38.1 Å². The van der Waals surface area contributed by atoms with Gasteiger partial charge in [0.05, 0.1) is 13.0 Å². The number of ether oxygens (including phenoxy) is 1. The van der Waals surface area contributed by atoms with Gasteiger partial charge in [-0.15, -0.1) is 0 Å². The number of carbonyl (C=O) groups excluding carboxylic acids is 3. The fourth-order valence-electron chi connectivity index (χ4n) is 4.70. The summed E-state index contributed by atoms with van der Waals surface area (Å²) in [5.74, 6) is -5.45. The van der Waals surface area contributed by atoms with Crippen molar-refractivity contribution in [3.05, 3.63) is 58.8 Å². The van der Waals surface area contributed by atoms with Gasteiger partial charge in [0, 0.05) is 36.8 Å². The molecule has 3 heterocycles. The van der Waals surface area contributed by atoms with Gasteiger partial charge in [-0.1, -0.05) is 18.2 Å². The minimum absolute atomic E-state index is 0.00966. The molecule has 15 heteroatoms. The second-order valence-electron chi connectivity index (χ2n) is 9.96. The first-order chi connectivity index (χ1) is 20.0. The number of rotatable bonds is 12.